The smallest absolute Gasteiger partial charge is 0.218 e. The van der Waals surface area contributed by atoms with Gasteiger partial charge in [-0.3, -0.25) is 4.79 Å². The molecule has 4 rings (SSSR count). The van der Waals surface area contributed by atoms with Crippen molar-refractivity contribution in [1.82, 2.24) is 20.2 Å². The Morgan fingerprint density at radius 2 is 2.19 bits per heavy atom. The highest BCUT2D eigenvalue weighted by Crippen LogP contribution is 2.35. The average Bonchev–Trinajstić information content (AvgIpc) is 3.12. The van der Waals surface area contributed by atoms with Crippen molar-refractivity contribution >= 4 is 17.4 Å². The number of nitrogens with zero attached hydrogens (tertiary/aromatic N) is 4. The first kappa shape index (κ1) is 12.9. The first-order valence-corrected chi connectivity index (χ1v) is 6.94. The van der Waals surface area contributed by atoms with E-state index < -0.39 is 6.29 Å². The van der Waals surface area contributed by atoms with E-state index in [-0.39, 0.29) is 24.3 Å². The van der Waals surface area contributed by atoms with E-state index in [9.17, 15) is 4.79 Å². The summed E-state index contributed by atoms with van der Waals surface area (Å²) in [5.41, 5.74) is 0.720. The SMILES string of the molecule is O=C1C[C@@H](n2nnnc2-c2ccccc2Cl)[C@H]2CO[C@@H]1O2. The molecule has 2 aliphatic rings. The van der Waals surface area contributed by atoms with Gasteiger partial charge < -0.3 is 9.47 Å². The maximum Gasteiger partial charge on any atom is 0.218 e. The molecule has 0 aliphatic carbocycles. The summed E-state index contributed by atoms with van der Waals surface area (Å²) in [5.74, 6) is 0.432. The van der Waals surface area contributed by atoms with Crippen LogP contribution >= 0.6 is 11.6 Å². The largest absolute Gasteiger partial charge is 0.343 e. The highest BCUT2D eigenvalue weighted by Gasteiger charge is 2.45. The Hall–Kier alpha value is -1.83. The van der Waals surface area contributed by atoms with Gasteiger partial charge in [0.1, 0.15) is 6.10 Å². The van der Waals surface area contributed by atoms with Gasteiger partial charge >= 0.3 is 0 Å². The lowest BCUT2D eigenvalue weighted by Gasteiger charge is -2.26. The van der Waals surface area contributed by atoms with Gasteiger partial charge in [-0.15, -0.1) is 5.10 Å². The topological polar surface area (TPSA) is 79.1 Å². The minimum absolute atomic E-state index is 0.0886. The molecule has 3 atom stereocenters. The number of carbonyl (C=O) groups excluding carboxylic acids is 1. The number of fused-ring (bicyclic) bond motifs is 2. The van der Waals surface area contributed by atoms with Crippen molar-refractivity contribution in [3.63, 3.8) is 0 Å². The van der Waals surface area contributed by atoms with Crippen LogP contribution in [-0.2, 0) is 14.3 Å². The van der Waals surface area contributed by atoms with Gasteiger partial charge in [0.15, 0.2) is 11.6 Å². The van der Waals surface area contributed by atoms with E-state index in [1.54, 1.807) is 10.7 Å². The van der Waals surface area contributed by atoms with E-state index in [1.165, 1.54) is 0 Å². The molecule has 3 heterocycles. The highest BCUT2D eigenvalue weighted by atomic mass is 35.5. The lowest BCUT2D eigenvalue weighted by molar-refractivity contribution is -0.156. The first-order valence-electron chi connectivity index (χ1n) is 6.56. The molecule has 1 aromatic carbocycles. The fourth-order valence-corrected chi connectivity index (χ4v) is 2.93. The zero-order valence-electron chi connectivity index (χ0n) is 10.8. The van der Waals surface area contributed by atoms with Gasteiger partial charge in [0.25, 0.3) is 0 Å². The van der Waals surface area contributed by atoms with Gasteiger partial charge in [0.2, 0.25) is 6.29 Å². The number of carbonyl (C=O) groups is 1. The molecule has 8 heteroatoms. The van der Waals surface area contributed by atoms with Gasteiger partial charge in [-0.25, -0.2) is 4.68 Å². The summed E-state index contributed by atoms with van der Waals surface area (Å²) in [5, 5.41) is 12.3. The van der Waals surface area contributed by atoms with Crippen LogP contribution in [0.5, 0.6) is 0 Å². The number of tetrazole rings is 1. The van der Waals surface area contributed by atoms with Crippen molar-refractivity contribution in [2.75, 3.05) is 6.61 Å². The Kier molecular flexibility index (Phi) is 2.99. The fourth-order valence-electron chi connectivity index (χ4n) is 2.70. The molecule has 2 fully saturated rings. The quantitative estimate of drug-likeness (QED) is 0.831. The minimum Gasteiger partial charge on any atom is -0.343 e. The summed E-state index contributed by atoms with van der Waals surface area (Å²) in [6.07, 6.45) is -0.665. The van der Waals surface area contributed by atoms with Gasteiger partial charge in [0.05, 0.1) is 17.7 Å². The standard InChI is InChI=1S/C13H11ClN4O3/c14-8-4-2-1-3-7(8)12-15-16-17-18(12)9-5-10(19)13-20-6-11(9)21-13/h1-4,9,11,13H,5-6H2/t9-,11-,13-/m1/s1. The molecular weight excluding hydrogens is 296 g/mol. The van der Waals surface area contributed by atoms with Crippen molar-refractivity contribution < 1.29 is 14.3 Å². The maximum absolute atomic E-state index is 11.9. The minimum atomic E-state index is -0.730. The molecule has 2 aromatic rings. The van der Waals surface area contributed by atoms with E-state index in [0.717, 1.165) is 5.56 Å². The Morgan fingerprint density at radius 1 is 1.33 bits per heavy atom. The molecule has 0 amide bonds. The van der Waals surface area contributed by atoms with Crippen molar-refractivity contribution in [3.05, 3.63) is 29.3 Å². The van der Waals surface area contributed by atoms with E-state index >= 15 is 0 Å². The lowest BCUT2D eigenvalue weighted by Crippen LogP contribution is -2.37. The van der Waals surface area contributed by atoms with Gasteiger partial charge in [-0.2, -0.15) is 0 Å². The van der Waals surface area contributed by atoms with Crippen LogP contribution in [0, 0.1) is 0 Å². The molecule has 21 heavy (non-hydrogen) atoms. The van der Waals surface area contributed by atoms with Crippen LogP contribution in [0.1, 0.15) is 12.5 Å². The monoisotopic (exact) mass is 306 g/mol. The normalized spacial score (nSPS) is 28.0. The summed E-state index contributed by atoms with van der Waals surface area (Å²) in [6, 6.07) is 7.02. The third kappa shape index (κ3) is 2.05. The molecule has 0 radical (unpaired) electrons. The van der Waals surface area contributed by atoms with Crippen LogP contribution in [0.3, 0.4) is 0 Å². The molecule has 0 saturated carbocycles. The van der Waals surface area contributed by atoms with Crippen molar-refractivity contribution in [3.8, 4) is 11.4 Å². The Balaban J connectivity index is 1.76. The Labute approximate surface area is 124 Å². The fraction of sp³-hybridized carbons (Fsp3) is 0.385. The molecule has 2 saturated heterocycles. The highest BCUT2D eigenvalue weighted by molar-refractivity contribution is 6.33. The summed E-state index contributed by atoms with van der Waals surface area (Å²) in [4.78, 5) is 11.9. The second-order valence-corrected chi connectivity index (χ2v) is 5.41. The number of hydrogen-bond acceptors (Lipinski definition) is 6. The predicted octanol–water partition coefficient (Wildman–Crippen LogP) is 1.25. The van der Waals surface area contributed by atoms with Gasteiger partial charge in [-0.05, 0) is 22.6 Å². The zero-order valence-corrected chi connectivity index (χ0v) is 11.6. The molecule has 0 N–H and O–H groups in total. The van der Waals surface area contributed by atoms with Crippen LogP contribution in [0.2, 0.25) is 5.02 Å². The molecule has 0 unspecified atom stereocenters. The predicted molar refractivity (Wildman–Crippen MR) is 71.5 cm³/mol. The van der Waals surface area contributed by atoms with Crippen LogP contribution in [0.4, 0.5) is 0 Å². The van der Waals surface area contributed by atoms with Crippen LogP contribution < -0.4 is 0 Å². The zero-order chi connectivity index (χ0) is 14.4. The summed E-state index contributed by atoms with van der Waals surface area (Å²) in [6.45, 7) is 0.364. The summed E-state index contributed by atoms with van der Waals surface area (Å²) < 4.78 is 12.5. The number of hydrogen-bond donors (Lipinski definition) is 0. The van der Waals surface area contributed by atoms with E-state index in [2.05, 4.69) is 15.5 Å². The van der Waals surface area contributed by atoms with E-state index in [4.69, 9.17) is 21.1 Å². The number of ether oxygens (including phenoxy) is 2. The second kappa shape index (κ2) is 4.87. The summed E-state index contributed by atoms with van der Waals surface area (Å²) in [7, 11) is 0. The van der Waals surface area contributed by atoms with E-state index in [0.29, 0.717) is 17.5 Å². The number of rotatable bonds is 2. The average molecular weight is 307 g/mol. The molecule has 2 bridgehead atoms. The van der Waals surface area contributed by atoms with Crippen LogP contribution in [0.15, 0.2) is 24.3 Å². The summed E-state index contributed by atoms with van der Waals surface area (Å²) >= 11 is 6.20. The molecule has 1 aromatic heterocycles. The number of benzene rings is 1. The Bertz CT molecular complexity index is 704. The number of ketones is 1. The molecule has 7 nitrogen and oxygen atoms in total. The number of halogens is 1. The van der Waals surface area contributed by atoms with Crippen molar-refractivity contribution in [1.29, 1.82) is 0 Å². The second-order valence-electron chi connectivity index (χ2n) is 5.00. The van der Waals surface area contributed by atoms with Crippen molar-refractivity contribution in [2.24, 2.45) is 0 Å². The molecule has 0 spiro atoms. The van der Waals surface area contributed by atoms with E-state index in [1.807, 2.05) is 18.2 Å². The Morgan fingerprint density at radius 3 is 3.05 bits per heavy atom. The lowest BCUT2D eigenvalue weighted by atomic mass is 10.0. The molecular formula is C13H11ClN4O3. The first-order chi connectivity index (χ1) is 10.2. The number of Topliss-reactive ketones (excluding diaryl/α,β-unsaturated/α-hetero) is 1. The molecule has 2 aliphatic heterocycles. The third-order valence-electron chi connectivity index (χ3n) is 3.73. The van der Waals surface area contributed by atoms with Crippen molar-refractivity contribution in [2.45, 2.75) is 24.9 Å². The maximum atomic E-state index is 11.9. The molecule has 108 valence electrons. The van der Waals surface area contributed by atoms with Gasteiger partial charge in [0, 0.05) is 12.0 Å². The number of aromatic nitrogens is 4. The van der Waals surface area contributed by atoms with Crippen LogP contribution in [0.25, 0.3) is 11.4 Å². The third-order valence-corrected chi connectivity index (χ3v) is 4.06. The van der Waals surface area contributed by atoms with Gasteiger partial charge in [-0.1, -0.05) is 23.7 Å². The van der Waals surface area contributed by atoms with Crippen LogP contribution in [-0.4, -0.2) is 45.0 Å².